The summed E-state index contributed by atoms with van der Waals surface area (Å²) in [6, 6.07) is 18.3. The molecule has 0 spiro atoms. The fourth-order valence-electron chi connectivity index (χ4n) is 2.58. The van der Waals surface area contributed by atoms with Crippen molar-refractivity contribution in [2.45, 2.75) is 0 Å². The zero-order valence-corrected chi connectivity index (χ0v) is 14.6. The maximum Gasteiger partial charge on any atom is 0.283 e. The van der Waals surface area contributed by atoms with Crippen LogP contribution in [-0.4, -0.2) is 14.8 Å². The Morgan fingerprint density at radius 2 is 1.07 bits per heavy atom. The van der Waals surface area contributed by atoms with Crippen molar-refractivity contribution in [3.05, 3.63) is 109 Å². The fraction of sp³-hybridized carbons (Fsp3) is 0. The second kappa shape index (κ2) is 8.00. The smallest absolute Gasteiger partial charge is 0.283 e. The number of nitro benzene ring substituents is 3. The average Bonchev–Trinajstić information content (AvgIpc) is 2.72. The average molecular weight is 394 g/mol. The third-order valence-corrected chi connectivity index (χ3v) is 3.86. The van der Waals surface area contributed by atoms with Crippen LogP contribution in [0.2, 0.25) is 0 Å². The van der Waals surface area contributed by atoms with Crippen molar-refractivity contribution in [2.24, 2.45) is 0 Å². The molecule has 0 N–H and O–H groups in total. The molecule has 3 aromatic carbocycles. The van der Waals surface area contributed by atoms with E-state index < -0.39 is 37.5 Å². The molecule has 0 aliphatic rings. The van der Waals surface area contributed by atoms with Gasteiger partial charge in [-0.3, -0.25) is 30.3 Å². The summed E-state index contributed by atoms with van der Waals surface area (Å²) in [7, 11) is 0. The number of nitrogens with zero attached hydrogens (tertiary/aromatic N) is 5. The van der Waals surface area contributed by atoms with E-state index in [9.17, 15) is 30.3 Å². The first-order chi connectivity index (χ1) is 13.9. The molecule has 0 radical (unpaired) electrons. The van der Waals surface area contributed by atoms with Crippen LogP contribution in [0.3, 0.4) is 0 Å². The molecule has 146 valence electrons. The zero-order chi connectivity index (χ0) is 21.0. The van der Waals surface area contributed by atoms with Gasteiger partial charge in [-0.2, -0.15) is 0 Å². The second-order valence-electron chi connectivity index (χ2n) is 5.69. The molecule has 0 fully saturated rings. The number of hydrogen-bond donors (Lipinski definition) is 0. The van der Waals surface area contributed by atoms with Crippen LogP contribution in [0.1, 0.15) is 0 Å². The normalized spacial score (nSPS) is 10.2. The molecule has 0 aliphatic carbocycles. The van der Waals surface area contributed by atoms with Crippen molar-refractivity contribution >= 4 is 34.1 Å². The monoisotopic (exact) mass is 394 g/mol. The van der Waals surface area contributed by atoms with Crippen LogP contribution in [0.25, 0.3) is 5.43 Å². The molecule has 11 nitrogen and oxygen atoms in total. The Kier molecular flexibility index (Phi) is 5.30. The lowest BCUT2D eigenvalue weighted by atomic mass is 10.2. The number of hydrogen-bond acceptors (Lipinski definition) is 7. The van der Waals surface area contributed by atoms with E-state index in [1.807, 2.05) is 0 Å². The van der Waals surface area contributed by atoms with Gasteiger partial charge in [0.25, 0.3) is 17.1 Å². The molecule has 3 aromatic rings. The largest absolute Gasteiger partial charge is 0.579 e. The van der Waals surface area contributed by atoms with E-state index in [1.54, 1.807) is 60.7 Å². The van der Waals surface area contributed by atoms with E-state index >= 15 is 0 Å². The lowest BCUT2D eigenvalue weighted by Gasteiger charge is -2.39. The Bertz CT molecular complexity index is 1000. The molecule has 0 aromatic heterocycles. The zero-order valence-electron chi connectivity index (χ0n) is 14.6. The summed E-state index contributed by atoms with van der Waals surface area (Å²) in [5, 5.41) is 35.4. The van der Waals surface area contributed by atoms with Crippen molar-refractivity contribution in [2.75, 3.05) is 5.01 Å². The van der Waals surface area contributed by atoms with Gasteiger partial charge in [-0.25, -0.2) is 0 Å². The van der Waals surface area contributed by atoms with Crippen LogP contribution in [0.4, 0.5) is 34.1 Å². The molecule has 0 unspecified atom stereocenters. The van der Waals surface area contributed by atoms with Gasteiger partial charge in [-0.05, 0) is 24.3 Å². The number of nitro groups is 3. The van der Waals surface area contributed by atoms with Gasteiger partial charge in [0.15, 0.2) is 0 Å². The molecule has 29 heavy (non-hydrogen) atoms. The van der Waals surface area contributed by atoms with E-state index in [4.69, 9.17) is 0 Å². The maximum absolute atomic E-state index is 11.5. The lowest BCUT2D eigenvalue weighted by molar-refractivity contribution is -0.401. The summed E-state index contributed by atoms with van der Waals surface area (Å²) in [6.45, 7) is 0. The minimum atomic E-state index is -0.938. The summed E-state index contributed by atoms with van der Waals surface area (Å²) >= 11 is 0. The van der Waals surface area contributed by atoms with Gasteiger partial charge in [-0.15, -0.1) is 0 Å². The molecule has 0 bridgehead atoms. The molecular weight excluding hydrogens is 382 g/mol. The Morgan fingerprint density at radius 3 is 1.41 bits per heavy atom. The van der Waals surface area contributed by atoms with Crippen LogP contribution < -0.4 is 5.01 Å². The topological polar surface area (TPSA) is 147 Å². The SMILES string of the molecule is O=[N+]([O-])c1cc([N+](=O)[O-])c([N-]N(c2ccccc2)c2ccccc2)c([N+](=O)[O-])c1. The van der Waals surface area contributed by atoms with Crippen LogP contribution in [0, 0.1) is 30.3 Å². The Morgan fingerprint density at radius 1 is 0.655 bits per heavy atom. The highest BCUT2D eigenvalue weighted by Crippen LogP contribution is 2.46. The van der Waals surface area contributed by atoms with E-state index in [1.165, 1.54) is 5.01 Å². The van der Waals surface area contributed by atoms with Gasteiger partial charge in [-0.1, -0.05) is 36.4 Å². The first-order valence-electron chi connectivity index (χ1n) is 8.11. The minimum Gasteiger partial charge on any atom is -0.579 e. The van der Waals surface area contributed by atoms with Gasteiger partial charge >= 0.3 is 0 Å². The molecule has 0 atom stereocenters. The van der Waals surface area contributed by atoms with Crippen LogP contribution in [-0.2, 0) is 0 Å². The molecule has 0 heterocycles. The highest BCUT2D eigenvalue weighted by molar-refractivity contribution is 5.84. The summed E-state index contributed by atoms with van der Waals surface area (Å²) in [6.07, 6.45) is 0. The van der Waals surface area contributed by atoms with Crippen LogP contribution in [0.15, 0.2) is 72.8 Å². The van der Waals surface area contributed by atoms with Crippen molar-refractivity contribution < 1.29 is 14.8 Å². The molecule has 0 aliphatic heterocycles. The maximum atomic E-state index is 11.5. The van der Waals surface area contributed by atoms with Crippen molar-refractivity contribution in [1.82, 2.24) is 0 Å². The fourth-order valence-corrected chi connectivity index (χ4v) is 2.58. The van der Waals surface area contributed by atoms with E-state index in [2.05, 4.69) is 5.43 Å². The predicted molar refractivity (Wildman–Crippen MR) is 104 cm³/mol. The van der Waals surface area contributed by atoms with Gasteiger partial charge < -0.3 is 10.4 Å². The summed E-state index contributed by atoms with van der Waals surface area (Å²) in [5.74, 6) is 0. The van der Waals surface area contributed by atoms with Crippen molar-refractivity contribution in [3.63, 3.8) is 0 Å². The summed E-state index contributed by atoms with van der Waals surface area (Å²) in [4.78, 5) is 31.3. The van der Waals surface area contributed by atoms with E-state index in [-0.39, 0.29) is 0 Å². The summed E-state index contributed by atoms with van der Waals surface area (Å²) in [5.41, 5.74) is 2.08. The molecule has 0 saturated heterocycles. The standard InChI is InChI=1S/C18H12N5O6/c24-21(25)15-11-16(22(26)27)18(17(12-15)23(28)29)19-20(13-7-3-1-4-8-13)14-9-5-2-6-10-14/h1-12H/q-1. The van der Waals surface area contributed by atoms with Gasteiger partial charge in [0.1, 0.15) is 0 Å². The van der Waals surface area contributed by atoms with E-state index in [0.717, 1.165) is 0 Å². The summed E-state index contributed by atoms with van der Waals surface area (Å²) < 4.78 is 0. The minimum absolute atomic E-state index is 0.487. The highest BCUT2D eigenvalue weighted by atomic mass is 16.6. The second-order valence-corrected chi connectivity index (χ2v) is 5.69. The number of benzene rings is 3. The Labute approximate surface area is 163 Å². The molecule has 11 heteroatoms. The highest BCUT2D eigenvalue weighted by Gasteiger charge is 2.26. The molecule has 3 rings (SSSR count). The molecular formula is C18H12N5O6-. The number of anilines is 2. The van der Waals surface area contributed by atoms with Crippen molar-refractivity contribution in [3.8, 4) is 0 Å². The first kappa shape index (κ1) is 19.2. The lowest BCUT2D eigenvalue weighted by Crippen LogP contribution is -2.11. The number of para-hydroxylation sites is 2. The van der Waals surface area contributed by atoms with Gasteiger partial charge in [0.2, 0.25) is 0 Å². The van der Waals surface area contributed by atoms with Gasteiger partial charge in [0.05, 0.1) is 26.9 Å². The van der Waals surface area contributed by atoms with Crippen LogP contribution in [0.5, 0.6) is 0 Å². The third-order valence-electron chi connectivity index (χ3n) is 3.86. The number of non-ortho nitro benzene ring substituents is 1. The molecule has 0 amide bonds. The number of rotatable bonds is 7. The van der Waals surface area contributed by atoms with Crippen molar-refractivity contribution in [1.29, 1.82) is 0 Å². The quantitative estimate of drug-likeness (QED) is 0.396. The Balaban J connectivity index is 2.21. The molecule has 0 saturated carbocycles. The van der Waals surface area contributed by atoms with Crippen LogP contribution >= 0.6 is 0 Å². The first-order valence-corrected chi connectivity index (χ1v) is 8.11. The van der Waals surface area contributed by atoms with Gasteiger partial charge in [0, 0.05) is 17.1 Å². The third kappa shape index (κ3) is 4.08. The predicted octanol–water partition coefficient (Wildman–Crippen LogP) is 5.17. The Hall–Kier alpha value is -4.54. The van der Waals surface area contributed by atoms with E-state index in [0.29, 0.717) is 23.5 Å².